The molecule has 1 N–H and O–H groups in total. The zero-order valence-corrected chi connectivity index (χ0v) is 18.6. The normalized spacial score (nSPS) is 19.3. The first kappa shape index (κ1) is 20.5. The number of oxazole rings is 1. The third kappa shape index (κ3) is 3.72. The fraction of sp³-hybridized carbons (Fsp3) is 0.370. The number of halogens is 1. The van der Waals surface area contributed by atoms with Crippen molar-refractivity contribution in [3.8, 4) is 22.6 Å². The van der Waals surface area contributed by atoms with Crippen LogP contribution in [-0.2, 0) is 12.8 Å². The van der Waals surface area contributed by atoms with Crippen LogP contribution in [0.25, 0.3) is 33.5 Å². The average Bonchev–Trinajstić information content (AvgIpc) is 3.53. The predicted molar refractivity (Wildman–Crippen MR) is 124 cm³/mol. The van der Waals surface area contributed by atoms with Gasteiger partial charge in [-0.25, -0.2) is 15.0 Å². The van der Waals surface area contributed by atoms with Crippen molar-refractivity contribution in [1.29, 1.82) is 0 Å². The van der Waals surface area contributed by atoms with Crippen molar-refractivity contribution >= 4 is 10.9 Å². The number of aliphatic hydroxyl groups excluding tert-OH is 1. The SMILES string of the molecule is CC1(Cc2ncc(-c3cc4c(nc3-c3ccc5ccc(F)nc5c3)C(O)CC4)o2)CCCC1. The molecule has 33 heavy (non-hydrogen) atoms. The Kier molecular flexibility index (Phi) is 4.80. The van der Waals surface area contributed by atoms with Gasteiger partial charge in [0.25, 0.3) is 0 Å². The predicted octanol–water partition coefficient (Wildman–Crippen LogP) is 6.19. The molecule has 3 aromatic heterocycles. The molecular weight excluding hydrogens is 417 g/mol. The molecule has 6 heteroatoms. The summed E-state index contributed by atoms with van der Waals surface area (Å²) in [5.74, 6) is 0.909. The van der Waals surface area contributed by atoms with Crippen molar-refractivity contribution in [2.24, 2.45) is 5.41 Å². The Balaban J connectivity index is 1.46. The van der Waals surface area contributed by atoms with E-state index in [1.54, 1.807) is 12.3 Å². The van der Waals surface area contributed by atoms with Crippen molar-refractivity contribution in [2.75, 3.05) is 0 Å². The Morgan fingerprint density at radius 3 is 2.79 bits per heavy atom. The van der Waals surface area contributed by atoms with Gasteiger partial charge < -0.3 is 9.52 Å². The van der Waals surface area contributed by atoms with Gasteiger partial charge in [-0.05, 0) is 60.9 Å². The fourth-order valence-corrected chi connectivity index (χ4v) is 5.42. The van der Waals surface area contributed by atoms with Crippen LogP contribution in [-0.4, -0.2) is 20.1 Å². The molecule has 5 nitrogen and oxygen atoms in total. The zero-order chi connectivity index (χ0) is 22.6. The van der Waals surface area contributed by atoms with Crippen molar-refractivity contribution in [1.82, 2.24) is 15.0 Å². The molecule has 1 unspecified atom stereocenters. The molecule has 4 aromatic rings. The highest BCUT2D eigenvalue weighted by Gasteiger charge is 2.31. The smallest absolute Gasteiger partial charge is 0.213 e. The van der Waals surface area contributed by atoms with Gasteiger partial charge in [-0.2, -0.15) is 4.39 Å². The first-order valence-electron chi connectivity index (χ1n) is 11.7. The minimum absolute atomic E-state index is 0.249. The second kappa shape index (κ2) is 7.73. The van der Waals surface area contributed by atoms with Crippen LogP contribution in [0.5, 0.6) is 0 Å². The van der Waals surface area contributed by atoms with E-state index in [2.05, 4.69) is 23.0 Å². The monoisotopic (exact) mass is 443 g/mol. The standard InChI is InChI=1S/C27H26FN3O2/c1-27(10-2-3-11-27)14-24-29-15-22(33-24)19-12-17-6-8-21(32)26(17)31-25(19)18-5-4-16-7-9-23(28)30-20(16)13-18/h4-5,7,9,12-13,15,21,32H,2-3,6,8,10-11,14H2,1H3. The number of hydrogen-bond donors (Lipinski definition) is 1. The molecule has 2 aliphatic carbocycles. The fourth-order valence-electron chi connectivity index (χ4n) is 5.42. The number of aliphatic hydroxyl groups is 1. The van der Waals surface area contributed by atoms with E-state index < -0.39 is 12.1 Å². The van der Waals surface area contributed by atoms with Crippen molar-refractivity contribution in [2.45, 2.75) is 58.0 Å². The van der Waals surface area contributed by atoms with Crippen LogP contribution in [0, 0.1) is 11.4 Å². The summed E-state index contributed by atoms with van der Waals surface area (Å²) in [6, 6.07) is 10.9. The summed E-state index contributed by atoms with van der Waals surface area (Å²) in [7, 11) is 0. The molecule has 6 rings (SSSR count). The molecule has 0 aliphatic heterocycles. The molecule has 1 aromatic carbocycles. The van der Waals surface area contributed by atoms with E-state index in [4.69, 9.17) is 9.40 Å². The summed E-state index contributed by atoms with van der Waals surface area (Å²) >= 11 is 0. The van der Waals surface area contributed by atoms with Crippen LogP contribution in [0.15, 0.2) is 47.0 Å². The number of hydrogen-bond acceptors (Lipinski definition) is 5. The molecule has 1 fully saturated rings. The van der Waals surface area contributed by atoms with E-state index in [-0.39, 0.29) is 5.41 Å². The lowest BCUT2D eigenvalue weighted by Crippen LogP contribution is -2.14. The van der Waals surface area contributed by atoms with Gasteiger partial charge in [-0.1, -0.05) is 31.9 Å². The van der Waals surface area contributed by atoms with Gasteiger partial charge in [0.1, 0.15) is 0 Å². The second-order valence-electron chi connectivity index (χ2n) is 9.84. The minimum atomic E-state index is -0.573. The Morgan fingerprint density at radius 2 is 1.94 bits per heavy atom. The molecule has 0 spiro atoms. The quantitative estimate of drug-likeness (QED) is 0.381. The highest BCUT2D eigenvalue weighted by Crippen LogP contribution is 2.42. The van der Waals surface area contributed by atoms with Gasteiger partial charge in [-0.15, -0.1) is 0 Å². The molecule has 168 valence electrons. The molecule has 1 saturated carbocycles. The lowest BCUT2D eigenvalue weighted by atomic mass is 9.85. The average molecular weight is 444 g/mol. The summed E-state index contributed by atoms with van der Waals surface area (Å²) in [4.78, 5) is 13.5. The lowest BCUT2D eigenvalue weighted by molar-refractivity contribution is 0.176. The zero-order valence-electron chi connectivity index (χ0n) is 18.6. The Hall–Kier alpha value is -3.12. The second-order valence-corrected chi connectivity index (χ2v) is 9.84. The van der Waals surface area contributed by atoms with Crippen LogP contribution in [0.3, 0.4) is 0 Å². The van der Waals surface area contributed by atoms with Crippen molar-refractivity contribution in [3.05, 3.63) is 65.7 Å². The number of pyridine rings is 2. The molecule has 0 saturated heterocycles. The summed E-state index contributed by atoms with van der Waals surface area (Å²) in [5.41, 5.74) is 4.89. The van der Waals surface area contributed by atoms with E-state index in [9.17, 15) is 9.50 Å². The number of fused-ring (bicyclic) bond motifs is 2. The molecule has 0 radical (unpaired) electrons. The number of aromatic nitrogens is 3. The minimum Gasteiger partial charge on any atom is -0.441 e. The van der Waals surface area contributed by atoms with E-state index in [0.29, 0.717) is 29.1 Å². The number of nitrogens with zero attached hydrogens (tertiary/aromatic N) is 3. The topological polar surface area (TPSA) is 72.0 Å². The Bertz CT molecular complexity index is 1360. The van der Waals surface area contributed by atoms with Crippen molar-refractivity contribution < 1.29 is 13.9 Å². The summed E-state index contributed by atoms with van der Waals surface area (Å²) in [6.07, 6.45) is 8.42. The highest BCUT2D eigenvalue weighted by atomic mass is 19.1. The van der Waals surface area contributed by atoms with Crippen LogP contribution < -0.4 is 0 Å². The van der Waals surface area contributed by atoms with Gasteiger partial charge >= 0.3 is 0 Å². The van der Waals surface area contributed by atoms with Crippen LogP contribution in [0.4, 0.5) is 4.39 Å². The summed E-state index contributed by atoms with van der Waals surface area (Å²) < 4.78 is 20.0. The van der Waals surface area contributed by atoms with E-state index in [0.717, 1.165) is 40.8 Å². The van der Waals surface area contributed by atoms with Gasteiger partial charge in [0, 0.05) is 22.9 Å². The van der Waals surface area contributed by atoms with Crippen molar-refractivity contribution in [3.63, 3.8) is 0 Å². The molecule has 3 heterocycles. The maximum atomic E-state index is 13.8. The maximum Gasteiger partial charge on any atom is 0.213 e. The van der Waals surface area contributed by atoms with E-state index in [1.807, 2.05) is 18.2 Å². The van der Waals surface area contributed by atoms with Gasteiger partial charge in [0.05, 0.1) is 29.2 Å². The Morgan fingerprint density at radius 1 is 1.12 bits per heavy atom. The summed E-state index contributed by atoms with van der Waals surface area (Å²) in [5, 5.41) is 11.3. The largest absolute Gasteiger partial charge is 0.441 e. The number of benzene rings is 1. The highest BCUT2D eigenvalue weighted by molar-refractivity contribution is 5.87. The van der Waals surface area contributed by atoms with E-state index in [1.165, 1.54) is 31.7 Å². The third-order valence-corrected chi connectivity index (χ3v) is 7.28. The number of aryl methyl sites for hydroxylation is 1. The molecular formula is C27H26FN3O2. The summed E-state index contributed by atoms with van der Waals surface area (Å²) in [6.45, 7) is 2.31. The van der Waals surface area contributed by atoms with Crippen LogP contribution >= 0.6 is 0 Å². The first-order valence-corrected chi connectivity index (χ1v) is 11.7. The van der Waals surface area contributed by atoms with Gasteiger partial charge in [-0.3, -0.25) is 0 Å². The van der Waals surface area contributed by atoms with Gasteiger partial charge in [0.2, 0.25) is 5.95 Å². The molecule has 2 aliphatic rings. The molecule has 0 bridgehead atoms. The molecule has 0 amide bonds. The van der Waals surface area contributed by atoms with Crippen LogP contribution in [0.1, 0.15) is 62.3 Å². The third-order valence-electron chi connectivity index (χ3n) is 7.28. The Labute approximate surface area is 191 Å². The van der Waals surface area contributed by atoms with Gasteiger partial charge in [0.15, 0.2) is 11.7 Å². The first-order chi connectivity index (χ1) is 16.0. The lowest BCUT2D eigenvalue weighted by Gasteiger charge is -2.20. The van der Waals surface area contributed by atoms with Crippen LogP contribution in [0.2, 0.25) is 0 Å². The number of rotatable bonds is 4. The molecule has 1 atom stereocenters. The maximum absolute atomic E-state index is 13.8. The van der Waals surface area contributed by atoms with E-state index >= 15 is 0 Å².